The van der Waals surface area contributed by atoms with Gasteiger partial charge in [0.15, 0.2) is 10.8 Å². The van der Waals surface area contributed by atoms with Gasteiger partial charge < -0.3 is 16.4 Å². The molecule has 1 amide bonds. The fourth-order valence-electron chi connectivity index (χ4n) is 2.89. The summed E-state index contributed by atoms with van der Waals surface area (Å²) in [5, 5.41) is 9.83. The smallest absolute Gasteiger partial charge is 0.253 e. The molecule has 0 aliphatic heterocycles. The number of hydrogen-bond donors (Lipinski definition) is 2. The number of nitrogens with two attached hydrogens (primary N) is 2. The standard InChI is InChI=1S/C21H19N7OS/c1-28(2)21(29)13-8-9-14(15(22)10-13)16-11-24-18(23)17(25-16)20-27-26-19(30-20)12-6-4-3-5-7-12/h3-11H,22H2,1-2H3,(H2,23,24). The zero-order chi connectivity index (χ0) is 21.3. The van der Waals surface area contributed by atoms with Gasteiger partial charge in [0.05, 0.1) is 11.9 Å². The number of hydrogen-bond acceptors (Lipinski definition) is 8. The summed E-state index contributed by atoms with van der Waals surface area (Å²) in [7, 11) is 3.38. The summed E-state index contributed by atoms with van der Waals surface area (Å²) in [6.45, 7) is 0. The van der Waals surface area contributed by atoms with E-state index in [1.807, 2.05) is 30.3 Å². The molecule has 8 nitrogen and oxygen atoms in total. The average molecular weight is 417 g/mol. The van der Waals surface area contributed by atoms with Crippen LogP contribution in [0.2, 0.25) is 0 Å². The molecule has 0 aliphatic carbocycles. The zero-order valence-electron chi connectivity index (χ0n) is 16.4. The van der Waals surface area contributed by atoms with Crippen LogP contribution < -0.4 is 11.5 Å². The number of aromatic nitrogens is 4. The van der Waals surface area contributed by atoms with Crippen LogP contribution in [0.4, 0.5) is 11.5 Å². The molecule has 2 heterocycles. The molecule has 2 aromatic carbocycles. The first-order valence-corrected chi connectivity index (χ1v) is 9.89. The maximum Gasteiger partial charge on any atom is 0.253 e. The molecule has 150 valence electrons. The summed E-state index contributed by atoms with van der Waals surface area (Å²) in [4.78, 5) is 22.6. The van der Waals surface area contributed by atoms with Crippen LogP contribution in [0.1, 0.15) is 10.4 Å². The Morgan fingerprint density at radius 3 is 2.43 bits per heavy atom. The quantitative estimate of drug-likeness (QED) is 0.489. The molecule has 0 fully saturated rings. The summed E-state index contributed by atoms with van der Waals surface area (Å²) in [5.41, 5.74) is 15.8. The lowest BCUT2D eigenvalue weighted by Gasteiger charge is -2.12. The third-order valence-electron chi connectivity index (χ3n) is 4.43. The molecular formula is C21H19N7OS. The van der Waals surface area contributed by atoms with Crippen molar-refractivity contribution in [1.29, 1.82) is 0 Å². The minimum absolute atomic E-state index is 0.125. The van der Waals surface area contributed by atoms with Gasteiger partial charge in [-0.15, -0.1) is 10.2 Å². The first-order valence-electron chi connectivity index (χ1n) is 9.07. The van der Waals surface area contributed by atoms with E-state index in [4.69, 9.17) is 11.5 Å². The van der Waals surface area contributed by atoms with Crippen molar-refractivity contribution in [3.8, 4) is 32.5 Å². The van der Waals surface area contributed by atoms with Crippen molar-refractivity contribution in [2.45, 2.75) is 0 Å². The first kappa shape index (κ1) is 19.5. The Balaban J connectivity index is 1.71. The molecule has 0 radical (unpaired) electrons. The predicted octanol–water partition coefficient (Wildman–Crippen LogP) is 3.20. The highest BCUT2D eigenvalue weighted by Gasteiger charge is 2.17. The van der Waals surface area contributed by atoms with Crippen molar-refractivity contribution in [2.75, 3.05) is 25.6 Å². The number of carbonyl (C=O) groups is 1. The highest BCUT2D eigenvalue weighted by molar-refractivity contribution is 7.17. The number of amides is 1. The van der Waals surface area contributed by atoms with Crippen LogP contribution in [-0.2, 0) is 0 Å². The Hall–Kier alpha value is -3.85. The van der Waals surface area contributed by atoms with E-state index in [9.17, 15) is 4.79 Å². The Morgan fingerprint density at radius 1 is 1.00 bits per heavy atom. The second-order valence-electron chi connectivity index (χ2n) is 6.77. The van der Waals surface area contributed by atoms with E-state index in [2.05, 4.69) is 20.2 Å². The van der Waals surface area contributed by atoms with Gasteiger partial charge in [0.25, 0.3) is 5.91 Å². The van der Waals surface area contributed by atoms with Crippen molar-refractivity contribution in [3.63, 3.8) is 0 Å². The Morgan fingerprint density at radius 2 is 1.73 bits per heavy atom. The average Bonchev–Trinajstić information content (AvgIpc) is 3.24. The lowest BCUT2D eigenvalue weighted by atomic mass is 10.1. The normalized spacial score (nSPS) is 10.7. The Kier molecular flexibility index (Phi) is 5.11. The minimum atomic E-state index is -0.125. The van der Waals surface area contributed by atoms with Crippen LogP contribution >= 0.6 is 11.3 Å². The molecule has 0 spiro atoms. The number of nitrogens with zero attached hydrogens (tertiary/aromatic N) is 5. The highest BCUT2D eigenvalue weighted by Crippen LogP contribution is 2.33. The minimum Gasteiger partial charge on any atom is -0.398 e. The number of rotatable bonds is 4. The lowest BCUT2D eigenvalue weighted by molar-refractivity contribution is 0.0827. The van der Waals surface area contributed by atoms with Crippen molar-refractivity contribution < 1.29 is 4.79 Å². The van der Waals surface area contributed by atoms with Gasteiger partial charge in [-0.2, -0.15) is 0 Å². The van der Waals surface area contributed by atoms with Gasteiger partial charge >= 0.3 is 0 Å². The van der Waals surface area contributed by atoms with E-state index in [1.165, 1.54) is 16.2 Å². The molecule has 0 unspecified atom stereocenters. The number of anilines is 2. The summed E-state index contributed by atoms with van der Waals surface area (Å²) in [5.74, 6) is 0.132. The topological polar surface area (TPSA) is 124 Å². The second-order valence-corrected chi connectivity index (χ2v) is 7.75. The first-order chi connectivity index (χ1) is 14.4. The largest absolute Gasteiger partial charge is 0.398 e. The van der Waals surface area contributed by atoms with E-state index in [-0.39, 0.29) is 11.7 Å². The van der Waals surface area contributed by atoms with Gasteiger partial charge in [0, 0.05) is 36.5 Å². The fourth-order valence-corrected chi connectivity index (χ4v) is 3.74. The van der Waals surface area contributed by atoms with E-state index in [0.29, 0.717) is 33.2 Å². The third-order valence-corrected chi connectivity index (χ3v) is 5.41. The van der Waals surface area contributed by atoms with E-state index >= 15 is 0 Å². The third kappa shape index (κ3) is 3.70. The predicted molar refractivity (Wildman–Crippen MR) is 119 cm³/mol. The van der Waals surface area contributed by atoms with Crippen LogP contribution in [0, 0.1) is 0 Å². The molecule has 4 aromatic rings. The van der Waals surface area contributed by atoms with Gasteiger partial charge in [-0.1, -0.05) is 41.7 Å². The second kappa shape index (κ2) is 7.88. The molecule has 4 rings (SSSR count). The maximum absolute atomic E-state index is 12.2. The lowest BCUT2D eigenvalue weighted by Crippen LogP contribution is -2.21. The molecule has 0 bridgehead atoms. The Bertz CT molecular complexity index is 1220. The van der Waals surface area contributed by atoms with E-state index in [0.717, 1.165) is 10.6 Å². The fraction of sp³-hybridized carbons (Fsp3) is 0.0952. The van der Waals surface area contributed by atoms with Gasteiger partial charge in [0.2, 0.25) is 0 Å². The molecule has 2 aromatic heterocycles. The maximum atomic E-state index is 12.2. The summed E-state index contributed by atoms with van der Waals surface area (Å²) in [6, 6.07) is 14.9. The van der Waals surface area contributed by atoms with Crippen LogP contribution in [0.25, 0.3) is 32.5 Å². The van der Waals surface area contributed by atoms with Crippen LogP contribution in [0.5, 0.6) is 0 Å². The number of carbonyl (C=O) groups excluding carboxylic acids is 1. The summed E-state index contributed by atoms with van der Waals surface area (Å²) in [6.07, 6.45) is 1.55. The molecule has 4 N–H and O–H groups in total. The molecule has 30 heavy (non-hydrogen) atoms. The van der Waals surface area contributed by atoms with Crippen molar-refractivity contribution >= 4 is 28.7 Å². The molecule has 0 saturated carbocycles. The molecule has 0 atom stereocenters. The van der Waals surface area contributed by atoms with Gasteiger partial charge in [0.1, 0.15) is 10.7 Å². The van der Waals surface area contributed by atoms with Crippen molar-refractivity contribution in [2.24, 2.45) is 0 Å². The van der Waals surface area contributed by atoms with E-state index < -0.39 is 0 Å². The number of benzene rings is 2. The monoisotopic (exact) mass is 417 g/mol. The molecular weight excluding hydrogens is 398 g/mol. The zero-order valence-corrected chi connectivity index (χ0v) is 17.2. The van der Waals surface area contributed by atoms with Crippen LogP contribution in [0.15, 0.2) is 54.7 Å². The molecule has 9 heteroatoms. The molecule has 0 saturated heterocycles. The summed E-state index contributed by atoms with van der Waals surface area (Å²) < 4.78 is 0. The van der Waals surface area contributed by atoms with Crippen LogP contribution in [-0.4, -0.2) is 45.1 Å². The highest BCUT2D eigenvalue weighted by atomic mass is 32.1. The van der Waals surface area contributed by atoms with Crippen LogP contribution in [0.3, 0.4) is 0 Å². The van der Waals surface area contributed by atoms with Crippen molar-refractivity contribution in [1.82, 2.24) is 25.1 Å². The Labute approximate surface area is 177 Å². The van der Waals surface area contributed by atoms with Gasteiger partial charge in [-0.25, -0.2) is 9.97 Å². The molecule has 0 aliphatic rings. The SMILES string of the molecule is CN(C)C(=O)c1ccc(-c2cnc(N)c(-c3nnc(-c4ccccc4)s3)n2)c(N)c1. The van der Waals surface area contributed by atoms with E-state index in [1.54, 1.807) is 38.5 Å². The summed E-state index contributed by atoms with van der Waals surface area (Å²) >= 11 is 1.38. The van der Waals surface area contributed by atoms with Gasteiger partial charge in [-0.05, 0) is 18.2 Å². The van der Waals surface area contributed by atoms with Crippen molar-refractivity contribution in [3.05, 3.63) is 60.3 Å². The number of nitrogen functional groups attached to an aromatic ring is 2. The van der Waals surface area contributed by atoms with Gasteiger partial charge in [-0.3, -0.25) is 4.79 Å².